The minimum Gasteiger partial charge on any atom is -0.369 e. The third kappa shape index (κ3) is 2.93. The molecule has 0 unspecified atom stereocenters. The van der Waals surface area contributed by atoms with Gasteiger partial charge in [0.1, 0.15) is 0 Å². The summed E-state index contributed by atoms with van der Waals surface area (Å²) in [5.74, 6) is 0.914. The Morgan fingerprint density at radius 3 is 2.38 bits per heavy atom. The van der Waals surface area contributed by atoms with Crippen LogP contribution < -0.4 is 11.5 Å². The van der Waals surface area contributed by atoms with Crippen LogP contribution in [0.25, 0.3) is 0 Å². The van der Waals surface area contributed by atoms with Crippen LogP contribution in [0.2, 0.25) is 0 Å². The van der Waals surface area contributed by atoms with Gasteiger partial charge in [-0.1, -0.05) is 6.92 Å². The van der Waals surface area contributed by atoms with Crippen molar-refractivity contribution in [3.63, 3.8) is 0 Å². The quantitative estimate of drug-likeness (QED) is 0.362. The van der Waals surface area contributed by atoms with E-state index in [1.807, 2.05) is 4.90 Å². The Labute approximate surface area is 78.3 Å². The summed E-state index contributed by atoms with van der Waals surface area (Å²) in [6.07, 6.45) is 2.27. The van der Waals surface area contributed by atoms with Gasteiger partial charge in [0, 0.05) is 13.1 Å². The van der Waals surface area contributed by atoms with E-state index in [-0.39, 0.29) is 5.96 Å². The molecule has 0 radical (unpaired) electrons. The molecule has 1 rings (SSSR count). The van der Waals surface area contributed by atoms with Crippen LogP contribution >= 0.6 is 0 Å². The Hall–Kier alpha value is -1.26. The molecular weight excluding hydrogens is 166 g/mol. The largest absolute Gasteiger partial charge is 0.369 e. The van der Waals surface area contributed by atoms with Gasteiger partial charge in [0.05, 0.1) is 0 Å². The van der Waals surface area contributed by atoms with Crippen molar-refractivity contribution in [3.8, 4) is 0 Å². The predicted octanol–water partition coefficient (Wildman–Crippen LogP) is -0.0735. The molecule has 5 nitrogen and oxygen atoms in total. The Morgan fingerprint density at radius 1 is 1.38 bits per heavy atom. The molecule has 74 valence electrons. The van der Waals surface area contributed by atoms with Gasteiger partial charge < -0.3 is 16.4 Å². The van der Waals surface area contributed by atoms with E-state index < -0.39 is 0 Å². The standard InChI is InChI=1S/C8H17N5/c1-6-2-4-13(5-3-6)8(11)12-7(9)10/h6H,2-5H2,1H3,(H5,9,10,11,12). The van der Waals surface area contributed by atoms with Crippen molar-refractivity contribution in [3.05, 3.63) is 0 Å². The lowest BCUT2D eigenvalue weighted by Crippen LogP contribution is -2.43. The molecule has 13 heavy (non-hydrogen) atoms. The SMILES string of the molecule is CC1CCN(/C(N)=N/C(=N)N)CC1. The second kappa shape index (κ2) is 4.11. The van der Waals surface area contributed by atoms with Gasteiger partial charge in [-0.25, -0.2) is 0 Å². The molecule has 1 aliphatic rings. The van der Waals surface area contributed by atoms with Crippen LogP contribution in [-0.2, 0) is 0 Å². The molecule has 0 bridgehead atoms. The van der Waals surface area contributed by atoms with Crippen LogP contribution in [0.1, 0.15) is 19.8 Å². The number of likely N-dealkylation sites (tertiary alicyclic amines) is 1. The normalized spacial score (nSPS) is 20.4. The van der Waals surface area contributed by atoms with Crippen molar-refractivity contribution in [2.75, 3.05) is 13.1 Å². The zero-order chi connectivity index (χ0) is 9.84. The van der Waals surface area contributed by atoms with Crippen LogP contribution in [0.15, 0.2) is 4.99 Å². The number of guanidine groups is 2. The molecular formula is C8H17N5. The smallest absolute Gasteiger partial charge is 0.215 e. The number of nitrogens with two attached hydrogens (primary N) is 2. The van der Waals surface area contributed by atoms with Crippen LogP contribution in [0.5, 0.6) is 0 Å². The molecule has 5 N–H and O–H groups in total. The maximum Gasteiger partial charge on any atom is 0.215 e. The van der Waals surface area contributed by atoms with Gasteiger partial charge in [0.15, 0.2) is 5.96 Å². The Bertz CT molecular complexity index is 215. The molecule has 0 aromatic heterocycles. The molecule has 5 heteroatoms. The number of aliphatic imine (C=N–C) groups is 1. The second-order valence-electron chi connectivity index (χ2n) is 3.52. The summed E-state index contributed by atoms with van der Waals surface area (Å²) in [5.41, 5.74) is 10.8. The molecule has 0 atom stereocenters. The molecule has 0 aromatic rings. The van der Waals surface area contributed by atoms with E-state index in [1.54, 1.807) is 0 Å². The summed E-state index contributed by atoms with van der Waals surface area (Å²) in [5, 5.41) is 6.97. The summed E-state index contributed by atoms with van der Waals surface area (Å²) in [4.78, 5) is 5.68. The van der Waals surface area contributed by atoms with Crippen LogP contribution in [0.3, 0.4) is 0 Å². The van der Waals surface area contributed by atoms with Crippen molar-refractivity contribution in [1.29, 1.82) is 5.41 Å². The summed E-state index contributed by atoms with van der Waals surface area (Å²) in [7, 11) is 0. The second-order valence-corrected chi connectivity index (χ2v) is 3.52. The first-order chi connectivity index (χ1) is 6.09. The summed E-state index contributed by atoms with van der Waals surface area (Å²) >= 11 is 0. The molecule has 0 saturated carbocycles. The minimum atomic E-state index is -0.226. The van der Waals surface area contributed by atoms with Crippen molar-refractivity contribution < 1.29 is 0 Å². The van der Waals surface area contributed by atoms with Gasteiger partial charge in [0.2, 0.25) is 5.96 Å². The van der Waals surface area contributed by atoms with Crippen molar-refractivity contribution in [2.45, 2.75) is 19.8 Å². The lowest BCUT2D eigenvalue weighted by Gasteiger charge is -2.30. The third-order valence-corrected chi connectivity index (χ3v) is 2.34. The van der Waals surface area contributed by atoms with E-state index in [9.17, 15) is 0 Å². The number of nitrogens with one attached hydrogen (secondary N) is 1. The van der Waals surface area contributed by atoms with E-state index in [4.69, 9.17) is 16.9 Å². The van der Waals surface area contributed by atoms with E-state index in [0.717, 1.165) is 31.8 Å². The van der Waals surface area contributed by atoms with Crippen molar-refractivity contribution >= 4 is 11.9 Å². The number of nitrogens with zero attached hydrogens (tertiary/aromatic N) is 2. The summed E-state index contributed by atoms with van der Waals surface area (Å²) in [6.45, 7) is 4.07. The first-order valence-corrected chi connectivity index (χ1v) is 4.52. The third-order valence-electron chi connectivity index (χ3n) is 2.34. The Balaban J connectivity index is 2.49. The first-order valence-electron chi connectivity index (χ1n) is 4.52. The van der Waals surface area contributed by atoms with Gasteiger partial charge in [-0.05, 0) is 18.8 Å². The predicted molar refractivity (Wildman–Crippen MR) is 53.5 cm³/mol. The molecule has 0 spiro atoms. The highest BCUT2D eigenvalue weighted by atomic mass is 15.3. The average molecular weight is 183 g/mol. The maximum atomic E-state index is 6.97. The summed E-state index contributed by atoms with van der Waals surface area (Å²) in [6, 6.07) is 0. The lowest BCUT2D eigenvalue weighted by molar-refractivity contribution is 0.278. The van der Waals surface area contributed by atoms with Gasteiger partial charge in [-0.15, -0.1) is 0 Å². The number of hydrogen-bond acceptors (Lipinski definition) is 1. The minimum absolute atomic E-state index is 0.226. The first kappa shape index (κ1) is 9.83. The molecule has 0 amide bonds. The number of rotatable bonds is 0. The summed E-state index contributed by atoms with van der Waals surface area (Å²) < 4.78 is 0. The molecule has 1 fully saturated rings. The fourth-order valence-corrected chi connectivity index (χ4v) is 1.43. The highest BCUT2D eigenvalue weighted by molar-refractivity contribution is 5.91. The zero-order valence-corrected chi connectivity index (χ0v) is 7.95. The average Bonchev–Trinajstić information content (AvgIpc) is 2.04. The molecule has 1 aliphatic heterocycles. The van der Waals surface area contributed by atoms with Crippen molar-refractivity contribution in [1.82, 2.24) is 4.90 Å². The maximum absolute atomic E-state index is 6.97. The van der Waals surface area contributed by atoms with Gasteiger partial charge >= 0.3 is 0 Å². The van der Waals surface area contributed by atoms with E-state index >= 15 is 0 Å². The van der Waals surface area contributed by atoms with E-state index in [0.29, 0.717) is 5.96 Å². The molecule has 1 heterocycles. The number of piperidine rings is 1. The Morgan fingerprint density at radius 2 is 1.92 bits per heavy atom. The van der Waals surface area contributed by atoms with Crippen molar-refractivity contribution in [2.24, 2.45) is 22.4 Å². The van der Waals surface area contributed by atoms with Gasteiger partial charge in [0.25, 0.3) is 0 Å². The Kier molecular flexibility index (Phi) is 3.11. The lowest BCUT2D eigenvalue weighted by atomic mass is 10.00. The van der Waals surface area contributed by atoms with E-state index in [2.05, 4.69) is 11.9 Å². The van der Waals surface area contributed by atoms with Gasteiger partial charge in [-0.2, -0.15) is 4.99 Å². The fourth-order valence-electron chi connectivity index (χ4n) is 1.43. The number of hydrogen-bond donors (Lipinski definition) is 3. The monoisotopic (exact) mass is 183 g/mol. The molecule has 0 aromatic carbocycles. The van der Waals surface area contributed by atoms with Crippen LogP contribution in [0, 0.1) is 11.3 Å². The highest BCUT2D eigenvalue weighted by Gasteiger charge is 2.16. The molecule has 1 saturated heterocycles. The topological polar surface area (TPSA) is 91.5 Å². The molecule has 0 aliphatic carbocycles. The highest BCUT2D eigenvalue weighted by Crippen LogP contribution is 2.15. The zero-order valence-electron chi connectivity index (χ0n) is 7.95. The fraction of sp³-hybridized carbons (Fsp3) is 0.750. The van der Waals surface area contributed by atoms with Crippen LogP contribution in [0.4, 0.5) is 0 Å². The van der Waals surface area contributed by atoms with Crippen LogP contribution in [-0.4, -0.2) is 29.9 Å². The van der Waals surface area contributed by atoms with E-state index in [1.165, 1.54) is 0 Å². The van der Waals surface area contributed by atoms with Gasteiger partial charge in [-0.3, -0.25) is 5.41 Å².